The van der Waals surface area contributed by atoms with E-state index < -0.39 is 5.97 Å². The Hall–Kier alpha value is -8.55. The van der Waals surface area contributed by atoms with Crippen LogP contribution in [0.3, 0.4) is 0 Å². The van der Waals surface area contributed by atoms with Gasteiger partial charge < -0.3 is 63.1 Å². The number of fused-ring (bicyclic) bond motifs is 6. The molecule has 11 aromatic rings. The molecule has 5 heterocycles. The van der Waals surface area contributed by atoms with E-state index >= 15 is 0 Å². The van der Waals surface area contributed by atoms with Crippen LogP contribution in [0.25, 0.3) is 76.8 Å². The zero-order chi connectivity index (χ0) is 64.0. The monoisotopic (exact) mass is 1360 g/mol. The predicted molar refractivity (Wildman–Crippen MR) is 371 cm³/mol. The van der Waals surface area contributed by atoms with Crippen molar-refractivity contribution in [1.82, 2.24) is 22.8 Å². The van der Waals surface area contributed by atoms with Crippen LogP contribution >= 0.6 is 50.7 Å². The van der Waals surface area contributed by atoms with Gasteiger partial charge in [-0.3, -0.25) is 28.8 Å². The van der Waals surface area contributed by atoms with Crippen LogP contribution in [-0.2, 0) is 43.5 Å². The summed E-state index contributed by atoms with van der Waals surface area (Å²) in [6.07, 6.45) is 17.1. The maximum Gasteiger partial charge on any atom is 1.00 e. The number of ether oxygens (including phenoxy) is 2. The fourth-order valence-corrected chi connectivity index (χ4v) is 12.2. The minimum Gasteiger partial charge on any atom is -0.870 e. The van der Waals surface area contributed by atoms with Crippen molar-refractivity contribution in [3.8, 4) is 11.4 Å². The number of benzene rings is 6. The summed E-state index contributed by atoms with van der Waals surface area (Å²) in [5.41, 5.74) is 6.97. The van der Waals surface area contributed by atoms with Gasteiger partial charge in [0.1, 0.15) is 19.6 Å². The molecule has 0 radical (unpaired) electrons. The second-order valence-electron chi connectivity index (χ2n) is 21.1. The van der Waals surface area contributed by atoms with Crippen LogP contribution in [0, 0.1) is 0 Å². The summed E-state index contributed by atoms with van der Waals surface area (Å²) in [5, 5.41) is 14.0. The van der Waals surface area contributed by atoms with Gasteiger partial charge in [0.25, 0.3) is 0 Å². The molecule has 0 spiro atoms. The first-order valence-electron chi connectivity index (χ1n) is 28.3. The van der Waals surface area contributed by atoms with Crippen LogP contribution in [0.1, 0.15) is 20.3 Å². The second-order valence-corrected chi connectivity index (χ2v) is 23.3. The first-order chi connectivity index (χ1) is 42.6. The van der Waals surface area contributed by atoms with Gasteiger partial charge in [-0.2, -0.15) is 0 Å². The minimum absolute atomic E-state index is 0. The molecule has 1 aliphatic rings. The summed E-state index contributed by atoms with van der Waals surface area (Å²) in [6.45, 7) is 3.77. The van der Waals surface area contributed by atoms with Crippen LogP contribution < -0.4 is 49.8 Å². The third-order valence-corrected chi connectivity index (χ3v) is 16.1. The smallest absolute Gasteiger partial charge is 0.870 e. The Kier molecular flexibility index (Phi) is 24.9. The molecule has 474 valence electrons. The standard InChI is InChI=1S/C23H22ClN3O3.C21H18ClN3O3.C19H18BrClN2O3.C5H6.Li.2H2O/c1-4-30-20(28)14-27-19-13-15(26-11-5-6-12-26)7-8-16(19)23(29)17-9-10-18(24)22(21(17)27)25(2)3;1-23(2)20-16(22)8-7-15-19(20)25(12-18(26)27)17-11-13(24-9-3-4-10-24)5-6-14(17)21(15)28;1-4-26-16(24)10-23-15-9-11(20)5-6-12(15)19(25)13-7-8-14(21)18(17(13)23)22(2)3;1-2-4-5-3-1;;;/h5-13H,4,14H2,1-3H3;3-11H,12H2,1-2H3,(H,26,27);5-9H,4,10H2,1-3H3;1-4H,5H2;;2*1H2/q;;;;+1;;/p-1. The van der Waals surface area contributed by atoms with E-state index in [0.717, 1.165) is 22.3 Å². The third kappa shape index (κ3) is 15.2. The van der Waals surface area contributed by atoms with Crippen molar-refractivity contribution in [2.24, 2.45) is 0 Å². The van der Waals surface area contributed by atoms with E-state index in [1.165, 1.54) is 0 Å². The van der Waals surface area contributed by atoms with Crippen LogP contribution in [0.5, 0.6) is 0 Å². The van der Waals surface area contributed by atoms with Gasteiger partial charge in [0.15, 0.2) is 16.3 Å². The zero-order valence-electron chi connectivity index (χ0n) is 52.1. The zero-order valence-corrected chi connectivity index (χ0v) is 55.9. The summed E-state index contributed by atoms with van der Waals surface area (Å²) in [7, 11) is 11.1. The molecule has 1 aliphatic carbocycles. The van der Waals surface area contributed by atoms with Crippen molar-refractivity contribution >= 4 is 151 Å². The molecule has 0 saturated carbocycles. The number of carbonyl (C=O) groups excluding carboxylic acids is 2. The number of esters is 2. The molecule has 4 N–H and O–H groups in total. The first-order valence-corrected chi connectivity index (χ1v) is 30.2. The number of hydrogen-bond acceptors (Lipinski definition) is 12. The molecular weight excluding hydrogens is 1300 g/mol. The van der Waals surface area contributed by atoms with Gasteiger partial charge in [-0.15, -0.1) is 0 Å². The number of rotatable bonds is 13. The molecule has 0 unspecified atom stereocenters. The fraction of sp³-hybridized carbons (Fsp3) is 0.206. The van der Waals surface area contributed by atoms with Crippen LogP contribution in [0.2, 0.25) is 15.1 Å². The summed E-state index contributed by atoms with van der Waals surface area (Å²) >= 11 is 22.8. The second kappa shape index (κ2) is 31.7. The number of pyridine rings is 3. The summed E-state index contributed by atoms with van der Waals surface area (Å²) < 4.78 is 20.3. The van der Waals surface area contributed by atoms with Gasteiger partial charge in [-0.05, 0) is 136 Å². The van der Waals surface area contributed by atoms with Gasteiger partial charge in [-0.1, -0.05) is 75.0 Å². The molecule has 6 aromatic carbocycles. The Morgan fingerprint density at radius 1 is 0.500 bits per heavy atom. The van der Waals surface area contributed by atoms with Crippen LogP contribution in [0.15, 0.2) is 183 Å². The molecule has 5 aromatic heterocycles. The number of carbonyl (C=O) groups is 3. The number of anilines is 3. The quantitative estimate of drug-likeness (QED) is 0.0644. The Labute approximate surface area is 564 Å². The van der Waals surface area contributed by atoms with E-state index in [-0.39, 0.29) is 84.3 Å². The van der Waals surface area contributed by atoms with Crippen molar-refractivity contribution in [3.63, 3.8) is 0 Å². The average molecular weight is 1370 g/mol. The van der Waals surface area contributed by atoms with Gasteiger partial charge >= 0.3 is 36.8 Å². The number of allylic oxidation sites excluding steroid dienone is 4. The maximum atomic E-state index is 13.3. The minimum atomic E-state index is -0.998. The number of hydrogen-bond donors (Lipinski definition) is 1. The molecule has 12 rings (SSSR count). The molecule has 19 nitrogen and oxygen atoms in total. The van der Waals surface area contributed by atoms with Crippen molar-refractivity contribution in [2.75, 3.05) is 70.2 Å². The van der Waals surface area contributed by atoms with Crippen molar-refractivity contribution < 1.29 is 58.8 Å². The molecule has 0 amide bonds. The van der Waals surface area contributed by atoms with Crippen molar-refractivity contribution in [2.45, 2.75) is 39.9 Å². The van der Waals surface area contributed by atoms with Gasteiger partial charge in [-0.25, -0.2) is 0 Å². The Morgan fingerprint density at radius 3 is 1.12 bits per heavy atom. The van der Waals surface area contributed by atoms with Gasteiger partial charge in [0.2, 0.25) is 0 Å². The van der Waals surface area contributed by atoms with Gasteiger partial charge in [0, 0.05) is 115 Å². The first kappa shape index (κ1) is 72.5. The van der Waals surface area contributed by atoms with Crippen molar-refractivity contribution in [1.29, 1.82) is 0 Å². The number of aliphatic carboxylic acids is 1. The van der Waals surface area contributed by atoms with E-state index in [4.69, 9.17) is 44.3 Å². The molecule has 0 aliphatic heterocycles. The number of carboxylic acid groups (broad SMARTS) is 1. The number of halogens is 4. The molecule has 0 atom stereocenters. The molecule has 24 heteroatoms. The molecular formula is C68H67BrCl3LiN8O11. The Morgan fingerprint density at radius 2 is 0.815 bits per heavy atom. The summed E-state index contributed by atoms with van der Waals surface area (Å²) in [6, 6.07) is 34.3. The van der Waals surface area contributed by atoms with Gasteiger partial charge in [0.05, 0.1) is 78.4 Å². The van der Waals surface area contributed by atoms with E-state index in [2.05, 4.69) is 40.2 Å². The molecule has 92 heavy (non-hydrogen) atoms. The predicted octanol–water partition coefficient (Wildman–Crippen LogP) is 9.68. The summed E-state index contributed by atoms with van der Waals surface area (Å²) in [4.78, 5) is 81.5. The average Bonchev–Trinajstić information content (AvgIpc) is 1.18. The van der Waals surface area contributed by atoms with Crippen LogP contribution in [0.4, 0.5) is 17.1 Å². The number of nitrogens with zero attached hydrogens (tertiary/aromatic N) is 8. The number of aromatic nitrogens is 5. The fourth-order valence-electron chi connectivity index (χ4n) is 10.9. The van der Waals surface area contributed by atoms with Crippen LogP contribution in [-0.4, -0.2) is 112 Å². The third-order valence-electron chi connectivity index (χ3n) is 14.7. The topological polar surface area (TPSA) is 237 Å². The van der Waals surface area contributed by atoms with E-state index in [0.29, 0.717) is 104 Å². The van der Waals surface area contributed by atoms with E-state index in [1.807, 2.05) is 151 Å². The van der Waals surface area contributed by atoms with E-state index in [1.54, 1.807) is 82.5 Å². The normalized spacial score (nSPS) is 11.2. The Bertz CT molecular complexity index is 4790. The number of carboxylic acids is 1. The molecule has 0 bridgehead atoms. The van der Waals surface area contributed by atoms with E-state index in [9.17, 15) is 33.9 Å². The largest absolute Gasteiger partial charge is 1.00 e. The molecule has 0 saturated heterocycles. The summed E-state index contributed by atoms with van der Waals surface area (Å²) in [5.74, 6) is -1.74. The maximum absolute atomic E-state index is 13.3. The molecule has 0 fully saturated rings. The SMILES string of the molecule is C1=CCC=C1.CCOC(=O)Cn1c2cc(-n3cccc3)ccc2c(=O)c2ccc(Cl)c(N(C)C)c21.CCOC(=O)Cn1c2cc(Br)ccc2c(=O)c2ccc(Cl)c(N(C)C)c21.CN(C)c1c(Cl)ccc2c(=O)c3ccc(-n4cccc4)cc3n(CC(=O)O)c12.O.[Li+].[OH-]. The Balaban J connectivity index is 0.000000208. The van der Waals surface area contributed by atoms with Crippen molar-refractivity contribution in [3.05, 3.63) is 215 Å².